The topological polar surface area (TPSA) is 12.0 Å². The van der Waals surface area contributed by atoms with Crippen molar-refractivity contribution in [3.8, 4) is 0 Å². The highest BCUT2D eigenvalue weighted by Crippen LogP contribution is 2.27. The summed E-state index contributed by atoms with van der Waals surface area (Å²) in [4.78, 5) is 0. The molecule has 1 atom stereocenters. The van der Waals surface area contributed by atoms with Gasteiger partial charge in [-0.25, -0.2) is 0 Å². The van der Waals surface area contributed by atoms with Crippen LogP contribution in [0.2, 0.25) is 0 Å². The zero-order valence-electron chi connectivity index (χ0n) is 12.9. The standard InChI is InChI=1S/C20H21N/c1-14-6-4-8-17(10-14)19-12-16(3)13-20(21-19)18-9-5-7-15(2)11-18/h4-13,19,21H,1-3H3. The minimum atomic E-state index is 0.241. The van der Waals surface area contributed by atoms with Gasteiger partial charge in [0.25, 0.3) is 0 Å². The summed E-state index contributed by atoms with van der Waals surface area (Å²) >= 11 is 0. The van der Waals surface area contributed by atoms with E-state index in [-0.39, 0.29) is 6.04 Å². The molecule has 0 spiro atoms. The molecule has 0 aliphatic carbocycles. The molecule has 21 heavy (non-hydrogen) atoms. The van der Waals surface area contributed by atoms with E-state index >= 15 is 0 Å². The molecule has 0 saturated heterocycles. The van der Waals surface area contributed by atoms with E-state index in [1.807, 2.05) is 0 Å². The van der Waals surface area contributed by atoms with E-state index in [4.69, 9.17) is 0 Å². The Morgan fingerprint density at radius 2 is 1.57 bits per heavy atom. The number of hydrogen-bond acceptors (Lipinski definition) is 1. The first-order valence-corrected chi connectivity index (χ1v) is 7.42. The van der Waals surface area contributed by atoms with Gasteiger partial charge in [0, 0.05) is 5.70 Å². The Morgan fingerprint density at radius 1 is 0.857 bits per heavy atom. The highest BCUT2D eigenvalue weighted by atomic mass is 14.9. The smallest absolute Gasteiger partial charge is 0.0703 e. The maximum absolute atomic E-state index is 3.66. The molecule has 0 aromatic heterocycles. The minimum absolute atomic E-state index is 0.241. The molecule has 1 heterocycles. The first-order valence-electron chi connectivity index (χ1n) is 7.42. The molecule has 0 saturated carbocycles. The quantitative estimate of drug-likeness (QED) is 0.819. The largest absolute Gasteiger partial charge is 0.374 e. The summed E-state index contributed by atoms with van der Waals surface area (Å²) in [5, 5.41) is 3.66. The lowest BCUT2D eigenvalue weighted by Crippen LogP contribution is -2.21. The average molecular weight is 275 g/mol. The van der Waals surface area contributed by atoms with Crippen molar-refractivity contribution in [2.75, 3.05) is 0 Å². The molecule has 0 bridgehead atoms. The normalized spacial score (nSPS) is 17.8. The van der Waals surface area contributed by atoms with Gasteiger partial charge in [0.15, 0.2) is 0 Å². The van der Waals surface area contributed by atoms with Crippen molar-refractivity contribution in [3.63, 3.8) is 0 Å². The second-order valence-corrected chi connectivity index (χ2v) is 5.87. The summed E-state index contributed by atoms with van der Waals surface area (Å²) < 4.78 is 0. The van der Waals surface area contributed by atoms with Gasteiger partial charge in [-0.05, 0) is 44.0 Å². The molecule has 1 N–H and O–H groups in total. The maximum Gasteiger partial charge on any atom is 0.0703 e. The van der Waals surface area contributed by atoms with Gasteiger partial charge in [-0.15, -0.1) is 0 Å². The second kappa shape index (κ2) is 5.61. The van der Waals surface area contributed by atoms with Gasteiger partial charge in [-0.2, -0.15) is 0 Å². The van der Waals surface area contributed by atoms with Gasteiger partial charge >= 0.3 is 0 Å². The van der Waals surface area contributed by atoms with Crippen molar-refractivity contribution < 1.29 is 0 Å². The van der Waals surface area contributed by atoms with Crippen molar-refractivity contribution in [2.45, 2.75) is 26.8 Å². The fourth-order valence-electron chi connectivity index (χ4n) is 2.81. The number of rotatable bonds is 2. The molecule has 1 heteroatoms. The van der Waals surface area contributed by atoms with Crippen molar-refractivity contribution in [2.24, 2.45) is 0 Å². The maximum atomic E-state index is 3.66. The van der Waals surface area contributed by atoms with E-state index in [2.05, 4.69) is 86.8 Å². The van der Waals surface area contributed by atoms with Crippen LogP contribution in [0.1, 0.15) is 35.2 Å². The SMILES string of the molecule is CC1=CC(c2cccc(C)c2)NC(c2cccc(C)c2)=C1. The highest BCUT2D eigenvalue weighted by Gasteiger charge is 2.15. The highest BCUT2D eigenvalue weighted by molar-refractivity contribution is 5.69. The van der Waals surface area contributed by atoms with Gasteiger partial charge in [0.2, 0.25) is 0 Å². The molecule has 1 unspecified atom stereocenters. The predicted molar refractivity (Wildman–Crippen MR) is 90.0 cm³/mol. The Kier molecular flexibility index (Phi) is 3.66. The lowest BCUT2D eigenvalue weighted by atomic mass is 9.96. The Hall–Kier alpha value is -2.28. The van der Waals surface area contributed by atoms with E-state index in [9.17, 15) is 0 Å². The zero-order valence-corrected chi connectivity index (χ0v) is 12.9. The lowest BCUT2D eigenvalue weighted by Gasteiger charge is -2.25. The molecule has 0 fully saturated rings. The number of nitrogens with one attached hydrogen (secondary N) is 1. The van der Waals surface area contributed by atoms with Crippen LogP contribution in [-0.4, -0.2) is 0 Å². The lowest BCUT2D eigenvalue weighted by molar-refractivity contribution is 0.755. The van der Waals surface area contributed by atoms with E-state index in [1.165, 1.54) is 33.5 Å². The zero-order chi connectivity index (χ0) is 14.8. The van der Waals surface area contributed by atoms with Crippen LogP contribution in [0.4, 0.5) is 0 Å². The van der Waals surface area contributed by atoms with E-state index in [0.717, 1.165) is 0 Å². The number of aryl methyl sites for hydroxylation is 2. The van der Waals surface area contributed by atoms with Crippen molar-refractivity contribution in [3.05, 3.63) is 88.5 Å². The molecular weight excluding hydrogens is 254 g/mol. The summed E-state index contributed by atoms with van der Waals surface area (Å²) in [5.41, 5.74) is 7.65. The average Bonchev–Trinajstić information content (AvgIpc) is 2.46. The number of allylic oxidation sites excluding steroid dienone is 2. The van der Waals surface area contributed by atoms with Gasteiger partial charge in [-0.1, -0.05) is 65.2 Å². The molecular formula is C20H21N. The van der Waals surface area contributed by atoms with Crippen molar-refractivity contribution >= 4 is 5.70 Å². The molecule has 2 aromatic rings. The molecule has 0 radical (unpaired) electrons. The third-order valence-corrected chi connectivity index (χ3v) is 3.84. The Balaban J connectivity index is 1.94. The fraction of sp³-hybridized carbons (Fsp3) is 0.200. The van der Waals surface area contributed by atoms with Crippen LogP contribution in [-0.2, 0) is 0 Å². The van der Waals surface area contributed by atoms with Crippen LogP contribution in [0, 0.1) is 13.8 Å². The van der Waals surface area contributed by atoms with Crippen molar-refractivity contribution in [1.29, 1.82) is 0 Å². The van der Waals surface area contributed by atoms with E-state index in [1.54, 1.807) is 0 Å². The Bertz CT molecular complexity index is 722. The van der Waals surface area contributed by atoms with Crippen LogP contribution in [0.25, 0.3) is 5.70 Å². The molecule has 0 amide bonds. The van der Waals surface area contributed by atoms with Crippen molar-refractivity contribution in [1.82, 2.24) is 5.32 Å². The first kappa shape index (κ1) is 13.7. The molecule has 1 nitrogen and oxygen atoms in total. The van der Waals surface area contributed by atoms with Crippen LogP contribution < -0.4 is 5.32 Å². The molecule has 1 aliphatic heterocycles. The van der Waals surface area contributed by atoms with Crippen LogP contribution in [0.15, 0.2) is 66.3 Å². The van der Waals surface area contributed by atoms with E-state index in [0.29, 0.717) is 0 Å². The van der Waals surface area contributed by atoms with Gasteiger partial charge in [0.1, 0.15) is 0 Å². The van der Waals surface area contributed by atoms with Gasteiger partial charge in [0.05, 0.1) is 6.04 Å². The third-order valence-electron chi connectivity index (χ3n) is 3.84. The summed E-state index contributed by atoms with van der Waals surface area (Å²) in [5.74, 6) is 0. The second-order valence-electron chi connectivity index (χ2n) is 5.87. The third kappa shape index (κ3) is 3.08. The molecule has 2 aromatic carbocycles. The number of dihydropyridines is 1. The predicted octanol–water partition coefficient (Wildman–Crippen LogP) is 4.94. The molecule has 3 rings (SSSR count). The first-order chi connectivity index (χ1) is 10.1. The summed E-state index contributed by atoms with van der Waals surface area (Å²) in [6, 6.07) is 17.6. The minimum Gasteiger partial charge on any atom is -0.374 e. The van der Waals surface area contributed by atoms with Crippen LogP contribution in [0.3, 0.4) is 0 Å². The fourth-order valence-corrected chi connectivity index (χ4v) is 2.81. The summed E-state index contributed by atoms with van der Waals surface area (Å²) in [6.07, 6.45) is 4.51. The summed E-state index contributed by atoms with van der Waals surface area (Å²) in [7, 11) is 0. The van der Waals surface area contributed by atoms with Crippen LogP contribution in [0.5, 0.6) is 0 Å². The molecule has 1 aliphatic rings. The monoisotopic (exact) mass is 275 g/mol. The van der Waals surface area contributed by atoms with Gasteiger partial charge < -0.3 is 5.32 Å². The Labute approximate surface area is 127 Å². The van der Waals surface area contributed by atoms with E-state index < -0.39 is 0 Å². The number of benzene rings is 2. The molecule has 106 valence electrons. The number of hydrogen-bond donors (Lipinski definition) is 1. The van der Waals surface area contributed by atoms with Crippen LogP contribution >= 0.6 is 0 Å². The Morgan fingerprint density at radius 3 is 2.29 bits per heavy atom. The summed E-state index contributed by atoms with van der Waals surface area (Å²) in [6.45, 7) is 6.44. The van der Waals surface area contributed by atoms with Gasteiger partial charge in [-0.3, -0.25) is 0 Å².